The number of benzene rings is 1. The van der Waals surface area contributed by atoms with Gasteiger partial charge in [-0.15, -0.1) is 0 Å². The van der Waals surface area contributed by atoms with Crippen LogP contribution in [0.4, 0.5) is 5.69 Å². The number of nitrogens with one attached hydrogen (secondary N) is 1. The van der Waals surface area contributed by atoms with Crippen LogP contribution in [0.25, 0.3) is 0 Å². The van der Waals surface area contributed by atoms with E-state index in [1.165, 1.54) is 19.3 Å². The van der Waals surface area contributed by atoms with Gasteiger partial charge in [0.25, 0.3) is 0 Å². The molecule has 1 aliphatic carbocycles. The summed E-state index contributed by atoms with van der Waals surface area (Å²) >= 11 is 6.31. The number of halogens is 1. The van der Waals surface area contributed by atoms with Crippen molar-refractivity contribution >= 4 is 23.2 Å². The first-order chi connectivity index (χ1) is 12.1. The van der Waals surface area contributed by atoms with E-state index >= 15 is 0 Å². The summed E-state index contributed by atoms with van der Waals surface area (Å²) in [6.07, 6.45) is 4.89. The van der Waals surface area contributed by atoms with Crippen LogP contribution < -0.4 is 10.2 Å². The maximum absolute atomic E-state index is 12.7. The quantitative estimate of drug-likeness (QED) is 0.888. The van der Waals surface area contributed by atoms with Crippen LogP contribution in [0.1, 0.15) is 39.5 Å². The second-order valence-electron chi connectivity index (χ2n) is 7.53. The van der Waals surface area contributed by atoms with E-state index in [0.717, 1.165) is 43.3 Å². The Labute approximate surface area is 156 Å². The fraction of sp³-hybridized carbons (Fsp3) is 0.650. The van der Waals surface area contributed by atoms with E-state index in [2.05, 4.69) is 28.1 Å². The molecule has 1 amide bonds. The number of hydrogen-bond acceptors (Lipinski definition) is 3. The molecule has 1 saturated heterocycles. The Morgan fingerprint density at radius 3 is 2.52 bits per heavy atom. The molecule has 25 heavy (non-hydrogen) atoms. The predicted octanol–water partition coefficient (Wildman–Crippen LogP) is 3.55. The van der Waals surface area contributed by atoms with Gasteiger partial charge in [0.15, 0.2) is 0 Å². The molecule has 4 nitrogen and oxygen atoms in total. The molecular formula is C20H30ClN3O. The third-order valence-corrected chi connectivity index (χ3v) is 6.19. The Morgan fingerprint density at radius 2 is 1.84 bits per heavy atom. The van der Waals surface area contributed by atoms with E-state index in [0.29, 0.717) is 12.0 Å². The topological polar surface area (TPSA) is 35.6 Å². The number of para-hydroxylation sites is 1. The largest absolute Gasteiger partial charge is 0.368 e. The van der Waals surface area contributed by atoms with E-state index in [1.54, 1.807) is 0 Å². The zero-order valence-corrected chi connectivity index (χ0v) is 16.1. The molecule has 2 fully saturated rings. The average Bonchev–Trinajstić information content (AvgIpc) is 2.63. The molecule has 1 heterocycles. The Morgan fingerprint density at radius 1 is 1.16 bits per heavy atom. The summed E-state index contributed by atoms with van der Waals surface area (Å²) in [5.74, 6) is 0.784. The lowest BCUT2D eigenvalue weighted by molar-refractivity contribution is -0.127. The van der Waals surface area contributed by atoms with Gasteiger partial charge in [0.05, 0.1) is 16.8 Å². The molecule has 1 aromatic carbocycles. The number of carbonyl (C=O) groups excluding carboxylic acids is 1. The Kier molecular flexibility index (Phi) is 6.24. The van der Waals surface area contributed by atoms with E-state index in [1.807, 2.05) is 25.1 Å². The van der Waals surface area contributed by atoms with E-state index in [-0.39, 0.29) is 11.9 Å². The second-order valence-corrected chi connectivity index (χ2v) is 7.93. The normalized spacial score (nSPS) is 26.3. The number of hydrogen-bond donors (Lipinski definition) is 1. The van der Waals surface area contributed by atoms with Gasteiger partial charge in [-0.05, 0) is 37.8 Å². The Bertz CT molecular complexity index is 586. The minimum atomic E-state index is -0.0671. The van der Waals surface area contributed by atoms with Gasteiger partial charge >= 0.3 is 0 Å². The number of rotatable bonds is 4. The number of carbonyl (C=O) groups is 1. The van der Waals surface area contributed by atoms with Crippen molar-refractivity contribution in [3.05, 3.63) is 29.3 Å². The molecule has 0 unspecified atom stereocenters. The smallest absolute Gasteiger partial charge is 0.237 e. The molecular weight excluding hydrogens is 334 g/mol. The maximum Gasteiger partial charge on any atom is 0.237 e. The van der Waals surface area contributed by atoms with Crippen molar-refractivity contribution in [1.29, 1.82) is 0 Å². The van der Waals surface area contributed by atoms with Gasteiger partial charge in [0.1, 0.15) is 0 Å². The predicted molar refractivity (Wildman–Crippen MR) is 104 cm³/mol. The maximum atomic E-state index is 12.7. The van der Waals surface area contributed by atoms with E-state index < -0.39 is 0 Å². The zero-order chi connectivity index (χ0) is 17.8. The van der Waals surface area contributed by atoms with Crippen LogP contribution in [0.3, 0.4) is 0 Å². The summed E-state index contributed by atoms with van der Waals surface area (Å²) in [6.45, 7) is 7.88. The molecule has 0 radical (unpaired) electrons. The molecule has 0 bridgehead atoms. The molecule has 138 valence electrons. The number of nitrogens with zero attached hydrogens (tertiary/aromatic N) is 2. The zero-order valence-electron chi connectivity index (χ0n) is 15.4. The number of amides is 1. The lowest BCUT2D eigenvalue weighted by Crippen LogP contribution is -2.55. The van der Waals surface area contributed by atoms with Gasteiger partial charge in [-0.1, -0.05) is 43.5 Å². The summed E-state index contributed by atoms with van der Waals surface area (Å²) in [4.78, 5) is 17.3. The molecule has 2 aliphatic rings. The third-order valence-electron chi connectivity index (χ3n) is 5.87. The molecule has 0 spiro atoms. The molecule has 1 aliphatic heterocycles. The molecule has 3 rings (SSSR count). The first kappa shape index (κ1) is 18.5. The number of anilines is 1. The van der Waals surface area contributed by atoms with Gasteiger partial charge in [0, 0.05) is 32.2 Å². The van der Waals surface area contributed by atoms with Crippen LogP contribution >= 0.6 is 11.6 Å². The molecule has 0 aromatic heterocycles. The summed E-state index contributed by atoms with van der Waals surface area (Å²) in [5, 5.41) is 4.10. The molecule has 5 heteroatoms. The average molecular weight is 364 g/mol. The van der Waals surface area contributed by atoms with Crippen molar-refractivity contribution in [3.63, 3.8) is 0 Å². The minimum absolute atomic E-state index is 0.0671. The standard InChI is InChI=1S/C20H30ClN3O/c1-15-7-3-5-9-18(15)22-20(25)16(2)23-11-13-24(14-12-23)19-10-6-4-8-17(19)21/h4,6,8,10,15-16,18H,3,5,7,9,11-14H2,1-2H3,(H,22,25)/t15-,16+,18-/m0/s1. The van der Waals surface area contributed by atoms with Gasteiger partial charge < -0.3 is 10.2 Å². The van der Waals surface area contributed by atoms with Crippen LogP contribution in [0.2, 0.25) is 5.02 Å². The fourth-order valence-corrected chi connectivity index (χ4v) is 4.31. The van der Waals surface area contributed by atoms with Crippen molar-refractivity contribution in [2.75, 3.05) is 31.1 Å². The molecule has 1 saturated carbocycles. The second kappa shape index (κ2) is 8.41. The molecule has 3 atom stereocenters. The van der Waals surface area contributed by atoms with Gasteiger partial charge in [-0.2, -0.15) is 0 Å². The number of piperazine rings is 1. The molecule has 1 N–H and O–H groups in total. The highest BCUT2D eigenvalue weighted by atomic mass is 35.5. The summed E-state index contributed by atoms with van der Waals surface area (Å²) in [5.41, 5.74) is 1.09. The lowest BCUT2D eigenvalue weighted by atomic mass is 9.86. The van der Waals surface area contributed by atoms with Crippen molar-refractivity contribution in [3.8, 4) is 0 Å². The van der Waals surface area contributed by atoms with Crippen molar-refractivity contribution in [2.45, 2.75) is 51.6 Å². The highest BCUT2D eigenvalue weighted by molar-refractivity contribution is 6.33. The highest BCUT2D eigenvalue weighted by Gasteiger charge is 2.29. The SMILES string of the molecule is C[C@H](C(=O)N[C@H]1CCCC[C@@H]1C)N1CCN(c2ccccc2Cl)CC1. The van der Waals surface area contributed by atoms with Gasteiger partial charge in [0.2, 0.25) is 5.91 Å². The lowest BCUT2D eigenvalue weighted by Gasteiger charge is -2.39. The van der Waals surface area contributed by atoms with E-state index in [4.69, 9.17) is 11.6 Å². The Balaban J connectivity index is 1.51. The van der Waals surface area contributed by atoms with Crippen LogP contribution in [-0.4, -0.2) is 49.1 Å². The first-order valence-corrected chi connectivity index (χ1v) is 9.98. The Hall–Kier alpha value is -1.26. The summed E-state index contributed by atoms with van der Waals surface area (Å²) < 4.78 is 0. The summed E-state index contributed by atoms with van der Waals surface area (Å²) in [6, 6.07) is 8.27. The van der Waals surface area contributed by atoms with Gasteiger partial charge in [-0.3, -0.25) is 9.69 Å². The van der Waals surface area contributed by atoms with Crippen molar-refractivity contribution in [2.24, 2.45) is 5.92 Å². The highest BCUT2D eigenvalue weighted by Crippen LogP contribution is 2.27. The van der Waals surface area contributed by atoms with E-state index in [9.17, 15) is 4.79 Å². The monoisotopic (exact) mass is 363 g/mol. The van der Waals surface area contributed by atoms with Crippen LogP contribution in [0.15, 0.2) is 24.3 Å². The van der Waals surface area contributed by atoms with Crippen LogP contribution in [-0.2, 0) is 4.79 Å². The van der Waals surface area contributed by atoms with Crippen molar-refractivity contribution < 1.29 is 4.79 Å². The summed E-state index contributed by atoms with van der Waals surface area (Å²) in [7, 11) is 0. The van der Waals surface area contributed by atoms with Gasteiger partial charge in [-0.25, -0.2) is 0 Å². The molecule has 1 aromatic rings. The van der Waals surface area contributed by atoms with Crippen molar-refractivity contribution in [1.82, 2.24) is 10.2 Å². The third kappa shape index (κ3) is 4.48. The van der Waals surface area contributed by atoms with Crippen LogP contribution in [0.5, 0.6) is 0 Å². The minimum Gasteiger partial charge on any atom is -0.368 e. The fourth-order valence-electron chi connectivity index (χ4n) is 4.06. The van der Waals surface area contributed by atoms with Crippen LogP contribution in [0, 0.1) is 5.92 Å². The first-order valence-electron chi connectivity index (χ1n) is 9.60.